The zero-order chi connectivity index (χ0) is 22.4. The molecule has 0 bridgehead atoms. The van der Waals surface area contributed by atoms with Crippen LogP contribution in [0.1, 0.15) is 57.9 Å². The first-order valence-corrected chi connectivity index (χ1v) is 11.4. The zero-order valence-electron chi connectivity index (χ0n) is 18.4. The molecule has 1 saturated carbocycles. The van der Waals surface area contributed by atoms with Crippen LogP contribution in [0.25, 0.3) is 0 Å². The van der Waals surface area contributed by atoms with Crippen LogP contribution in [0.15, 0.2) is 30.3 Å². The minimum atomic E-state index is -1.59. The number of fused-ring (bicyclic) bond motifs is 1. The Hall–Kier alpha value is -2.25. The fourth-order valence-electron chi connectivity index (χ4n) is 5.05. The van der Waals surface area contributed by atoms with Gasteiger partial charge in [0.05, 0.1) is 12.6 Å². The smallest absolute Gasteiger partial charge is 0.331 e. The SMILES string of the molecule is CCOC(=O)[C@H](CCc1ccccc1)NC(C)C(=O)C1(C(=O)O)CC2CCCCC2N1. The number of ether oxygens (including phenoxy) is 1. The molecular formula is C24H34N2O5. The third-order valence-corrected chi connectivity index (χ3v) is 6.68. The molecule has 1 aliphatic heterocycles. The lowest BCUT2D eigenvalue weighted by Crippen LogP contribution is -2.62. The predicted octanol–water partition coefficient (Wildman–Crippen LogP) is 2.47. The summed E-state index contributed by atoms with van der Waals surface area (Å²) >= 11 is 0. The van der Waals surface area contributed by atoms with E-state index in [0.717, 1.165) is 31.2 Å². The highest BCUT2D eigenvalue weighted by molar-refractivity contribution is 6.10. The Morgan fingerprint density at radius 3 is 2.58 bits per heavy atom. The van der Waals surface area contributed by atoms with Gasteiger partial charge in [-0.25, -0.2) is 4.79 Å². The fourth-order valence-corrected chi connectivity index (χ4v) is 5.05. The van der Waals surface area contributed by atoms with Gasteiger partial charge in [-0.15, -0.1) is 0 Å². The van der Waals surface area contributed by atoms with Crippen LogP contribution in [0.2, 0.25) is 0 Å². The fraction of sp³-hybridized carbons (Fsp3) is 0.625. The third kappa shape index (κ3) is 5.33. The average molecular weight is 431 g/mol. The maximum absolute atomic E-state index is 13.4. The number of rotatable bonds is 10. The molecule has 2 aliphatic rings. The number of Topliss-reactive ketones (excluding diaryl/α,β-unsaturated/α-hetero) is 1. The van der Waals surface area contributed by atoms with E-state index in [1.54, 1.807) is 13.8 Å². The number of benzene rings is 1. The average Bonchev–Trinajstić information content (AvgIpc) is 3.18. The molecule has 4 unspecified atom stereocenters. The highest BCUT2D eigenvalue weighted by Crippen LogP contribution is 2.39. The molecule has 1 heterocycles. The predicted molar refractivity (Wildman–Crippen MR) is 117 cm³/mol. The Morgan fingerprint density at radius 1 is 1.23 bits per heavy atom. The van der Waals surface area contributed by atoms with Gasteiger partial charge in [0.2, 0.25) is 0 Å². The number of hydrogen-bond acceptors (Lipinski definition) is 6. The van der Waals surface area contributed by atoms with Crippen molar-refractivity contribution in [3.8, 4) is 0 Å². The molecule has 1 saturated heterocycles. The number of aryl methyl sites for hydroxylation is 1. The molecule has 7 nitrogen and oxygen atoms in total. The lowest BCUT2D eigenvalue weighted by Gasteiger charge is -2.29. The van der Waals surface area contributed by atoms with Gasteiger partial charge in [-0.1, -0.05) is 43.2 Å². The summed E-state index contributed by atoms with van der Waals surface area (Å²) < 4.78 is 5.20. The van der Waals surface area contributed by atoms with Gasteiger partial charge in [0.15, 0.2) is 11.3 Å². The number of ketones is 1. The van der Waals surface area contributed by atoms with Crippen molar-refractivity contribution in [3.63, 3.8) is 0 Å². The first kappa shape index (κ1) is 23.4. The van der Waals surface area contributed by atoms with Gasteiger partial charge >= 0.3 is 11.9 Å². The van der Waals surface area contributed by atoms with Crippen molar-refractivity contribution in [1.29, 1.82) is 0 Å². The number of carbonyl (C=O) groups is 3. The van der Waals surface area contributed by atoms with Crippen molar-refractivity contribution in [2.24, 2.45) is 5.92 Å². The van der Waals surface area contributed by atoms with Crippen molar-refractivity contribution >= 4 is 17.7 Å². The first-order valence-electron chi connectivity index (χ1n) is 11.4. The minimum Gasteiger partial charge on any atom is -0.480 e. The quantitative estimate of drug-likeness (QED) is 0.387. The molecule has 2 fully saturated rings. The first-order chi connectivity index (χ1) is 14.9. The van der Waals surface area contributed by atoms with Gasteiger partial charge in [0, 0.05) is 6.04 Å². The summed E-state index contributed by atoms with van der Waals surface area (Å²) in [5.41, 5.74) is -0.508. The van der Waals surface area contributed by atoms with Crippen LogP contribution < -0.4 is 10.6 Å². The normalized spacial score (nSPS) is 27.2. The van der Waals surface area contributed by atoms with Crippen LogP contribution in [0.4, 0.5) is 0 Å². The minimum absolute atomic E-state index is 0.0694. The molecule has 3 N–H and O–H groups in total. The summed E-state index contributed by atoms with van der Waals surface area (Å²) in [7, 11) is 0. The van der Waals surface area contributed by atoms with Gasteiger partial charge in [-0.3, -0.25) is 20.2 Å². The van der Waals surface area contributed by atoms with E-state index in [9.17, 15) is 19.5 Å². The van der Waals surface area contributed by atoms with Gasteiger partial charge in [0.25, 0.3) is 0 Å². The van der Waals surface area contributed by atoms with Crippen LogP contribution in [0.5, 0.6) is 0 Å². The van der Waals surface area contributed by atoms with E-state index in [2.05, 4.69) is 10.6 Å². The molecule has 0 spiro atoms. The summed E-state index contributed by atoms with van der Waals surface area (Å²) in [6, 6.07) is 8.37. The number of aliphatic carboxylic acids is 1. The van der Waals surface area contributed by atoms with E-state index in [-0.39, 0.29) is 18.6 Å². The largest absolute Gasteiger partial charge is 0.480 e. The van der Waals surface area contributed by atoms with Crippen molar-refractivity contribution in [3.05, 3.63) is 35.9 Å². The molecule has 1 aromatic rings. The van der Waals surface area contributed by atoms with Crippen LogP contribution >= 0.6 is 0 Å². The summed E-state index contributed by atoms with van der Waals surface area (Å²) in [5.74, 6) is -1.75. The maximum atomic E-state index is 13.4. The molecule has 0 amide bonds. The molecule has 5 atom stereocenters. The maximum Gasteiger partial charge on any atom is 0.331 e. The van der Waals surface area contributed by atoms with Crippen molar-refractivity contribution < 1.29 is 24.2 Å². The van der Waals surface area contributed by atoms with E-state index >= 15 is 0 Å². The van der Waals surface area contributed by atoms with Gasteiger partial charge < -0.3 is 9.84 Å². The van der Waals surface area contributed by atoms with Gasteiger partial charge in [-0.2, -0.15) is 0 Å². The lowest BCUT2D eigenvalue weighted by molar-refractivity contribution is -0.150. The van der Waals surface area contributed by atoms with Crippen LogP contribution in [-0.4, -0.2) is 53.1 Å². The van der Waals surface area contributed by atoms with Crippen molar-refractivity contribution in [1.82, 2.24) is 10.6 Å². The number of nitrogens with one attached hydrogen (secondary N) is 2. The molecule has 1 aromatic carbocycles. The monoisotopic (exact) mass is 430 g/mol. The van der Waals surface area contributed by atoms with Gasteiger partial charge in [-0.05, 0) is 57.4 Å². The Morgan fingerprint density at radius 2 is 1.94 bits per heavy atom. The third-order valence-electron chi connectivity index (χ3n) is 6.68. The molecule has 0 radical (unpaired) electrons. The number of carboxylic acid groups (broad SMARTS) is 1. The standard InChI is InChI=1S/C24H34N2O5/c1-3-31-22(28)20(14-13-17-9-5-4-6-10-17)25-16(2)21(27)24(23(29)30)15-18-11-7-8-12-19(18)26-24/h4-6,9-10,16,18-20,25-26H,3,7-8,11-15H2,1-2H3,(H,29,30)/t16?,18?,19?,20-,24?/m0/s1. The molecule has 7 heteroatoms. The molecule has 0 aromatic heterocycles. The highest BCUT2D eigenvalue weighted by Gasteiger charge is 2.56. The van der Waals surface area contributed by atoms with E-state index in [4.69, 9.17) is 4.74 Å². The van der Waals surface area contributed by atoms with E-state index in [1.807, 2.05) is 30.3 Å². The number of carbonyl (C=O) groups excluding carboxylic acids is 2. The number of carboxylic acids is 1. The molecular weight excluding hydrogens is 396 g/mol. The molecule has 3 rings (SSSR count). The summed E-state index contributed by atoms with van der Waals surface area (Å²) in [4.78, 5) is 38.2. The Kier molecular flexibility index (Phi) is 7.84. The summed E-state index contributed by atoms with van der Waals surface area (Å²) in [5, 5.41) is 16.3. The number of esters is 1. The molecule has 170 valence electrons. The second-order valence-electron chi connectivity index (χ2n) is 8.79. The second-order valence-corrected chi connectivity index (χ2v) is 8.79. The van der Waals surface area contributed by atoms with Crippen LogP contribution in [0.3, 0.4) is 0 Å². The Balaban J connectivity index is 1.71. The van der Waals surface area contributed by atoms with E-state index in [0.29, 0.717) is 19.3 Å². The van der Waals surface area contributed by atoms with Crippen molar-refractivity contribution in [2.45, 2.75) is 82.5 Å². The van der Waals surface area contributed by atoms with Crippen molar-refractivity contribution in [2.75, 3.05) is 6.61 Å². The van der Waals surface area contributed by atoms with Crippen LogP contribution in [-0.2, 0) is 25.5 Å². The summed E-state index contributed by atoms with van der Waals surface area (Å²) in [6.45, 7) is 3.63. The van der Waals surface area contributed by atoms with Crippen LogP contribution in [0, 0.1) is 5.92 Å². The topological polar surface area (TPSA) is 105 Å². The lowest BCUT2D eigenvalue weighted by atomic mass is 9.80. The number of hydrogen-bond donors (Lipinski definition) is 3. The van der Waals surface area contributed by atoms with E-state index in [1.165, 1.54) is 0 Å². The second kappa shape index (κ2) is 10.4. The zero-order valence-corrected chi connectivity index (χ0v) is 18.4. The molecule has 1 aliphatic carbocycles. The highest BCUT2D eigenvalue weighted by atomic mass is 16.5. The van der Waals surface area contributed by atoms with E-state index < -0.39 is 35.3 Å². The van der Waals surface area contributed by atoms with Gasteiger partial charge in [0.1, 0.15) is 6.04 Å². The molecule has 31 heavy (non-hydrogen) atoms. The summed E-state index contributed by atoms with van der Waals surface area (Å²) in [6.07, 6.45) is 5.39. The Labute approximate surface area is 183 Å². The Bertz CT molecular complexity index is 767.